The Kier molecular flexibility index (Phi) is 9.88. The van der Waals surface area contributed by atoms with Gasteiger partial charge in [-0.3, -0.25) is 0 Å². The van der Waals surface area contributed by atoms with Crippen LogP contribution in [0.4, 0.5) is 9.59 Å². The van der Waals surface area contributed by atoms with Crippen LogP contribution >= 0.6 is 11.8 Å². The average Bonchev–Trinajstić information content (AvgIpc) is 2.38. The molecule has 2 N–H and O–H groups in total. The van der Waals surface area contributed by atoms with Crippen molar-refractivity contribution in [2.24, 2.45) is 10.8 Å². The molecule has 0 unspecified atom stereocenters. The molecule has 2 amide bonds. The van der Waals surface area contributed by atoms with Gasteiger partial charge < -0.3 is 20.1 Å². The molecule has 7 heteroatoms. The lowest BCUT2D eigenvalue weighted by Crippen LogP contribution is -2.49. The Bertz CT molecular complexity index is 489. The fourth-order valence-electron chi connectivity index (χ4n) is 2.22. The molecule has 0 aromatic rings. The summed E-state index contributed by atoms with van der Waals surface area (Å²) in [6.45, 7) is 23.7. The molecule has 0 aliphatic carbocycles. The minimum atomic E-state index is -0.533. The minimum Gasteiger partial charge on any atom is -0.444 e. The van der Waals surface area contributed by atoms with E-state index in [9.17, 15) is 9.59 Å². The first-order valence-electron chi connectivity index (χ1n) is 10.3. The molecule has 0 radical (unpaired) electrons. The molecular weight excluding hydrogens is 388 g/mol. The Morgan fingerprint density at radius 2 is 0.931 bits per heavy atom. The molecular formula is C22H44N2O4S. The fraction of sp³-hybridized carbons (Fsp3) is 0.909. The maximum atomic E-state index is 12.2. The van der Waals surface area contributed by atoms with Crippen molar-refractivity contribution >= 4 is 23.9 Å². The van der Waals surface area contributed by atoms with Gasteiger partial charge in [-0.2, -0.15) is 11.8 Å². The van der Waals surface area contributed by atoms with Crippen LogP contribution in [0.5, 0.6) is 0 Å². The summed E-state index contributed by atoms with van der Waals surface area (Å²) in [6.07, 6.45) is -0.811. The smallest absolute Gasteiger partial charge is 0.407 e. The first-order valence-corrected chi connectivity index (χ1v) is 11.4. The normalized spacial score (nSPS) is 15.3. The van der Waals surface area contributed by atoms with E-state index >= 15 is 0 Å². The molecule has 0 aromatic heterocycles. The Morgan fingerprint density at radius 3 is 1.14 bits per heavy atom. The van der Waals surface area contributed by atoms with E-state index in [1.54, 1.807) is 11.8 Å². The van der Waals surface area contributed by atoms with Crippen molar-refractivity contribution in [2.45, 2.75) is 106 Å². The van der Waals surface area contributed by atoms with E-state index < -0.39 is 23.4 Å². The number of thioether (sulfide) groups is 1. The van der Waals surface area contributed by atoms with Gasteiger partial charge in [-0.15, -0.1) is 0 Å². The van der Waals surface area contributed by atoms with Gasteiger partial charge in [0.25, 0.3) is 0 Å². The van der Waals surface area contributed by atoms with Crippen LogP contribution in [0.15, 0.2) is 0 Å². The summed E-state index contributed by atoms with van der Waals surface area (Å²) in [6, 6.07) is -0.131. The van der Waals surface area contributed by atoms with Gasteiger partial charge in [-0.25, -0.2) is 9.59 Å². The zero-order valence-electron chi connectivity index (χ0n) is 20.6. The first kappa shape index (κ1) is 27.9. The molecule has 0 saturated carbocycles. The van der Waals surface area contributed by atoms with Crippen molar-refractivity contribution in [2.75, 3.05) is 11.5 Å². The molecule has 0 aliphatic rings. The number of nitrogens with one attached hydrogen (secondary N) is 2. The van der Waals surface area contributed by atoms with Gasteiger partial charge in [-0.05, 0) is 52.4 Å². The zero-order valence-corrected chi connectivity index (χ0v) is 21.4. The van der Waals surface area contributed by atoms with Gasteiger partial charge in [0.15, 0.2) is 0 Å². The summed E-state index contributed by atoms with van der Waals surface area (Å²) in [7, 11) is 0. The predicted molar refractivity (Wildman–Crippen MR) is 123 cm³/mol. The number of rotatable bonds is 6. The summed E-state index contributed by atoms with van der Waals surface area (Å²) in [5, 5.41) is 6.01. The molecule has 0 heterocycles. The quantitative estimate of drug-likeness (QED) is 0.571. The van der Waals surface area contributed by atoms with Gasteiger partial charge in [0.2, 0.25) is 0 Å². The summed E-state index contributed by atoms with van der Waals surface area (Å²) < 4.78 is 10.8. The Hall–Kier alpha value is -1.11. The molecule has 0 bridgehead atoms. The van der Waals surface area contributed by atoms with Gasteiger partial charge in [0.1, 0.15) is 11.2 Å². The number of hydrogen-bond acceptors (Lipinski definition) is 5. The molecule has 29 heavy (non-hydrogen) atoms. The van der Waals surface area contributed by atoms with Crippen molar-refractivity contribution in [3.8, 4) is 0 Å². The van der Waals surface area contributed by atoms with Crippen LogP contribution in [0.2, 0.25) is 0 Å². The number of carbonyl (C=O) groups is 2. The SMILES string of the molecule is CC(C)(C)OC(=O)N[C@H](CSC[C@@H](NC(=O)OC(C)(C)C)C(C)(C)C)C(C)(C)C. The second-order valence-corrected chi connectivity index (χ2v) is 12.7. The van der Waals surface area contributed by atoms with Crippen LogP contribution < -0.4 is 10.6 Å². The third-order valence-corrected chi connectivity index (χ3v) is 5.18. The largest absolute Gasteiger partial charge is 0.444 e. The molecule has 0 fully saturated rings. The van der Waals surface area contributed by atoms with Crippen LogP contribution in [0.25, 0.3) is 0 Å². The number of carbonyl (C=O) groups excluding carboxylic acids is 2. The molecule has 0 spiro atoms. The maximum absolute atomic E-state index is 12.2. The van der Waals surface area contributed by atoms with Gasteiger partial charge in [0, 0.05) is 23.6 Å². The summed E-state index contributed by atoms with van der Waals surface area (Å²) in [4.78, 5) is 24.5. The lowest BCUT2D eigenvalue weighted by molar-refractivity contribution is 0.0466. The van der Waals surface area contributed by atoms with Crippen LogP contribution in [-0.4, -0.2) is 47.0 Å². The Morgan fingerprint density at radius 1 is 0.655 bits per heavy atom. The number of hydrogen-bond donors (Lipinski definition) is 2. The number of amides is 2. The highest BCUT2D eigenvalue weighted by Gasteiger charge is 2.31. The van der Waals surface area contributed by atoms with Gasteiger partial charge in [-0.1, -0.05) is 41.5 Å². The van der Waals surface area contributed by atoms with Crippen molar-refractivity contribution in [3.63, 3.8) is 0 Å². The lowest BCUT2D eigenvalue weighted by Gasteiger charge is -2.35. The summed E-state index contributed by atoms with van der Waals surface area (Å²) in [5.41, 5.74) is -1.32. The minimum absolute atomic E-state index is 0.0653. The van der Waals surface area contributed by atoms with Crippen LogP contribution in [-0.2, 0) is 9.47 Å². The average molecular weight is 433 g/mol. The molecule has 0 aromatic carbocycles. The van der Waals surface area contributed by atoms with E-state index in [1.165, 1.54) is 0 Å². The van der Waals surface area contributed by atoms with E-state index in [0.717, 1.165) is 0 Å². The molecule has 2 atom stereocenters. The summed E-state index contributed by atoms with van der Waals surface area (Å²) >= 11 is 1.70. The van der Waals surface area contributed by atoms with Crippen LogP contribution in [0, 0.1) is 10.8 Å². The van der Waals surface area contributed by atoms with E-state index in [4.69, 9.17) is 9.47 Å². The van der Waals surface area contributed by atoms with Crippen LogP contribution in [0.3, 0.4) is 0 Å². The third kappa shape index (κ3) is 13.7. The Balaban J connectivity index is 4.95. The topological polar surface area (TPSA) is 76.7 Å². The highest BCUT2D eigenvalue weighted by Crippen LogP contribution is 2.27. The fourth-order valence-corrected chi connectivity index (χ4v) is 3.99. The van der Waals surface area contributed by atoms with Crippen molar-refractivity contribution < 1.29 is 19.1 Å². The first-order chi connectivity index (χ1) is 12.7. The second kappa shape index (κ2) is 10.3. The lowest BCUT2D eigenvalue weighted by atomic mass is 9.88. The second-order valence-electron chi connectivity index (χ2n) is 11.7. The van der Waals surface area contributed by atoms with Crippen molar-refractivity contribution in [1.82, 2.24) is 10.6 Å². The van der Waals surface area contributed by atoms with E-state index in [-0.39, 0.29) is 22.9 Å². The van der Waals surface area contributed by atoms with E-state index in [0.29, 0.717) is 11.5 Å². The zero-order chi connectivity index (χ0) is 23.3. The third-order valence-electron chi connectivity index (χ3n) is 4.04. The highest BCUT2D eigenvalue weighted by molar-refractivity contribution is 7.99. The molecule has 172 valence electrons. The highest BCUT2D eigenvalue weighted by atomic mass is 32.2. The monoisotopic (exact) mass is 432 g/mol. The Labute approximate surface area is 182 Å². The van der Waals surface area contributed by atoms with Crippen molar-refractivity contribution in [1.29, 1.82) is 0 Å². The summed E-state index contributed by atoms with van der Waals surface area (Å²) in [5.74, 6) is 1.43. The molecule has 0 aliphatic heterocycles. The van der Waals surface area contributed by atoms with Gasteiger partial charge in [0.05, 0.1) is 0 Å². The standard InChI is InChI=1S/C22H44N2O4S/c1-19(2,3)15(23-17(25)27-21(7,8)9)13-29-14-16(20(4,5)6)24-18(26)28-22(10,11)12/h15-16H,13-14H2,1-12H3,(H,23,25)(H,24,26)/t15-,16-/m1/s1. The molecule has 0 rings (SSSR count). The van der Waals surface area contributed by atoms with Crippen LogP contribution in [0.1, 0.15) is 83.1 Å². The van der Waals surface area contributed by atoms with Crippen molar-refractivity contribution in [3.05, 3.63) is 0 Å². The number of ether oxygens (including phenoxy) is 2. The maximum Gasteiger partial charge on any atom is 0.407 e. The van der Waals surface area contributed by atoms with Gasteiger partial charge >= 0.3 is 12.2 Å². The van der Waals surface area contributed by atoms with E-state index in [1.807, 2.05) is 41.5 Å². The molecule has 0 saturated heterocycles. The molecule has 6 nitrogen and oxygen atoms in total. The number of alkyl carbamates (subject to hydrolysis) is 2. The predicted octanol–water partition coefficient (Wildman–Crippen LogP) is 5.60. The van der Waals surface area contributed by atoms with E-state index in [2.05, 4.69) is 52.2 Å².